The number of hydrogen-bond donors (Lipinski definition) is 1. The monoisotopic (exact) mass is 233 g/mol. The largest absolute Gasteiger partial charge is 0.345 e. The van der Waals surface area contributed by atoms with E-state index in [-0.39, 0.29) is 17.6 Å². The van der Waals surface area contributed by atoms with Crippen molar-refractivity contribution in [3.05, 3.63) is 28.5 Å². The van der Waals surface area contributed by atoms with Crippen molar-refractivity contribution < 1.29 is 4.79 Å². The summed E-state index contributed by atoms with van der Waals surface area (Å²) >= 11 is 5.78. The molecule has 0 saturated carbocycles. The topological polar surface area (TPSA) is 65.8 Å². The first-order valence-electron chi connectivity index (χ1n) is 4.42. The second-order valence-corrected chi connectivity index (χ2v) is 3.24. The van der Waals surface area contributed by atoms with Crippen molar-refractivity contribution in [1.82, 2.24) is 10.3 Å². The lowest BCUT2D eigenvalue weighted by molar-refractivity contribution is -0.118. The number of aromatic nitrogens is 1. The van der Waals surface area contributed by atoms with E-state index < -0.39 is 0 Å². The van der Waals surface area contributed by atoms with Gasteiger partial charge in [-0.1, -0.05) is 23.4 Å². The van der Waals surface area contributed by atoms with Gasteiger partial charge in [-0.2, -0.15) is 5.26 Å². The zero-order chi connectivity index (χ0) is 12.0. The quantitative estimate of drug-likeness (QED) is 0.583. The molecule has 0 atom stereocenters. The number of rotatable bonds is 1. The second kappa shape index (κ2) is 5.75. The molecule has 1 heterocycles. The molecule has 1 aromatic rings. The zero-order valence-electron chi connectivity index (χ0n) is 8.54. The van der Waals surface area contributed by atoms with Gasteiger partial charge in [0.15, 0.2) is 0 Å². The number of pyridine rings is 1. The fourth-order valence-corrected chi connectivity index (χ4v) is 1.06. The Morgan fingerprint density at radius 2 is 2.44 bits per heavy atom. The Bertz CT molecular complexity index is 508. The highest BCUT2D eigenvalue weighted by Gasteiger charge is 1.99. The van der Waals surface area contributed by atoms with E-state index in [1.807, 2.05) is 6.07 Å². The number of halogens is 1. The SMILES string of the molecule is CC(=O)NCC#Cc1cc(C#N)cnc1Cl. The molecule has 0 aliphatic carbocycles. The first-order chi connectivity index (χ1) is 7.63. The van der Waals surface area contributed by atoms with Gasteiger partial charge < -0.3 is 5.32 Å². The molecular weight excluding hydrogens is 226 g/mol. The van der Waals surface area contributed by atoms with Crippen LogP contribution in [0.1, 0.15) is 18.1 Å². The molecule has 4 nitrogen and oxygen atoms in total. The first-order valence-corrected chi connectivity index (χ1v) is 4.80. The molecule has 0 bridgehead atoms. The summed E-state index contributed by atoms with van der Waals surface area (Å²) < 4.78 is 0. The van der Waals surface area contributed by atoms with Crippen molar-refractivity contribution >= 4 is 17.5 Å². The normalized spacial score (nSPS) is 8.56. The molecule has 0 aromatic carbocycles. The smallest absolute Gasteiger partial charge is 0.217 e. The predicted molar refractivity (Wildman–Crippen MR) is 59.5 cm³/mol. The van der Waals surface area contributed by atoms with E-state index >= 15 is 0 Å². The Morgan fingerprint density at radius 1 is 1.69 bits per heavy atom. The van der Waals surface area contributed by atoms with Gasteiger partial charge in [-0.05, 0) is 6.07 Å². The Labute approximate surface area is 98.2 Å². The van der Waals surface area contributed by atoms with Crippen molar-refractivity contribution in [2.75, 3.05) is 6.54 Å². The molecule has 1 aromatic heterocycles. The Balaban J connectivity index is 2.80. The molecule has 0 saturated heterocycles. The fourth-order valence-electron chi connectivity index (χ4n) is 0.905. The van der Waals surface area contributed by atoms with E-state index in [1.165, 1.54) is 13.1 Å². The molecule has 1 amide bonds. The maximum atomic E-state index is 10.6. The number of nitriles is 1. The third-order valence-electron chi connectivity index (χ3n) is 1.62. The van der Waals surface area contributed by atoms with Crippen LogP contribution < -0.4 is 5.32 Å². The maximum Gasteiger partial charge on any atom is 0.217 e. The molecule has 0 aliphatic rings. The lowest BCUT2D eigenvalue weighted by atomic mass is 10.2. The molecule has 16 heavy (non-hydrogen) atoms. The Hall–Kier alpha value is -2.04. The van der Waals surface area contributed by atoms with Crippen LogP contribution in [0.2, 0.25) is 5.15 Å². The van der Waals surface area contributed by atoms with E-state index in [4.69, 9.17) is 16.9 Å². The van der Waals surface area contributed by atoms with Crippen LogP contribution in [-0.4, -0.2) is 17.4 Å². The summed E-state index contributed by atoms with van der Waals surface area (Å²) in [5, 5.41) is 11.4. The average molecular weight is 234 g/mol. The van der Waals surface area contributed by atoms with Crippen LogP contribution in [0.15, 0.2) is 12.3 Å². The molecule has 80 valence electrons. The summed E-state index contributed by atoms with van der Waals surface area (Å²) in [6.07, 6.45) is 1.38. The summed E-state index contributed by atoms with van der Waals surface area (Å²) in [7, 11) is 0. The van der Waals surface area contributed by atoms with E-state index in [0.29, 0.717) is 11.1 Å². The van der Waals surface area contributed by atoms with E-state index in [0.717, 1.165) is 0 Å². The minimum atomic E-state index is -0.149. The van der Waals surface area contributed by atoms with E-state index in [1.54, 1.807) is 6.07 Å². The summed E-state index contributed by atoms with van der Waals surface area (Å²) in [5.41, 5.74) is 0.874. The van der Waals surface area contributed by atoms with Crippen LogP contribution in [0.3, 0.4) is 0 Å². The van der Waals surface area contributed by atoms with Crippen LogP contribution in [0, 0.1) is 23.2 Å². The van der Waals surface area contributed by atoms with Crippen molar-refractivity contribution in [3.8, 4) is 17.9 Å². The molecule has 0 unspecified atom stereocenters. The van der Waals surface area contributed by atoms with Gasteiger partial charge in [-0.15, -0.1) is 0 Å². The number of hydrogen-bond acceptors (Lipinski definition) is 3. The minimum absolute atomic E-state index is 0.149. The van der Waals surface area contributed by atoms with Gasteiger partial charge in [-0.3, -0.25) is 4.79 Å². The molecule has 0 spiro atoms. The number of nitrogens with one attached hydrogen (secondary N) is 1. The highest BCUT2D eigenvalue weighted by atomic mass is 35.5. The summed E-state index contributed by atoms with van der Waals surface area (Å²) in [5.74, 6) is 5.29. The first kappa shape index (κ1) is 12.0. The molecule has 0 fully saturated rings. The molecular formula is C11H8ClN3O. The highest BCUT2D eigenvalue weighted by molar-refractivity contribution is 6.30. The molecule has 0 aliphatic heterocycles. The zero-order valence-corrected chi connectivity index (χ0v) is 9.30. The maximum absolute atomic E-state index is 10.6. The third kappa shape index (κ3) is 3.61. The van der Waals surface area contributed by atoms with Crippen molar-refractivity contribution in [2.24, 2.45) is 0 Å². The molecule has 1 rings (SSSR count). The second-order valence-electron chi connectivity index (χ2n) is 2.89. The van der Waals surface area contributed by atoms with Gasteiger partial charge >= 0.3 is 0 Å². The van der Waals surface area contributed by atoms with E-state index in [9.17, 15) is 4.79 Å². The number of amides is 1. The lowest BCUT2D eigenvalue weighted by Crippen LogP contribution is -2.19. The minimum Gasteiger partial charge on any atom is -0.345 e. The summed E-state index contributed by atoms with van der Waals surface area (Å²) in [4.78, 5) is 14.4. The number of carbonyl (C=O) groups excluding carboxylic acids is 1. The Kier molecular flexibility index (Phi) is 4.32. The van der Waals surface area contributed by atoms with Crippen molar-refractivity contribution in [2.45, 2.75) is 6.92 Å². The van der Waals surface area contributed by atoms with Crippen LogP contribution in [-0.2, 0) is 4.79 Å². The fraction of sp³-hybridized carbons (Fsp3) is 0.182. The molecule has 0 radical (unpaired) electrons. The Morgan fingerprint density at radius 3 is 3.06 bits per heavy atom. The predicted octanol–water partition coefficient (Wildman–Crippen LogP) is 1.09. The van der Waals surface area contributed by atoms with Gasteiger partial charge in [0, 0.05) is 13.1 Å². The van der Waals surface area contributed by atoms with Crippen LogP contribution in [0.5, 0.6) is 0 Å². The van der Waals surface area contributed by atoms with Crippen molar-refractivity contribution in [3.63, 3.8) is 0 Å². The average Bonchev–Trinajstić information content (AvgIpc) is 2.26. The van der Waals surface area contributed by atoms with Gasteiger partial charge in [0.1, 0.15) is 11.2 Å². The lowest BCUT2D eigenvalue weighted by Gasteiger charge is -1.95. The van der Waals surface area contributed by atoms with Crippen LogP contribution in [0.25, 0.3) is 0 Å². The number of carbonyl (C=O) groups is 1. The summed E-state index contributed by atoms with van der Waals surface area (Å²) in [6.45, 7) is 1.65. The standard InChI is InChI=1S/C11H8ClN3O/c1-8(16)14-4-2-3-10-5-9(6-13)7-15-11(10)12/h5,7H,4H2,1H3,(H,14,16). The van der Waals surface area contributed by atoms with Crippen LogP contribution >= 0.6 is 11.6 Å². The molecule has 1 N–H and O–H groups in total. The molecule has 5 heteroatoms. The van der Waals surface area contributed by atoms with E-state index in [2.05, 4.69) is 22.1 Å². The van der Waals surface area contributed by atoms with Gasteiger partial charge in [0.2, 0.25) is 5.91 Å². The van der Waals surface area contributed by atoms with Crippen molar-refractivity contribution in [1.29, 1.82) is 5.26 Å². The van der Waals surface area contributed by atoms with Gasteiger partial charge in [-0.25, -0.2) is 4.98 Å². The van der Waals surface area contributed by atoms with Crippen LogP contribution in [0.4, 0.5) is 0 Å². The number of nitrogens with zero attached hydrogens (tertiary/aromatic N) is 2. The highest BCUT2D eigenvalue weighted by Crippen LogP contribution is 2.12. The summed E-state index contributed by atoms with van der Waals surface area (Å²) in [6, 6.07) is 3.50. The van der Waals surface area contributed by atoms with Gasteiger partial charge in [0.25, 0.3) is 0 Å². The third-order valence-corrected chi connectivity index (χ3v) is 1.92. The van der Waals surface area contributed by atoms with Gasteiger partial charge in [0.05, 0.1) is 17.7 Å².